The standard InChI is InChI=1S/C26H32N2O5/c29-22(12-19-4-2-1-3-5-19)15-27-10-11-31-23(16-27)17-28(14-20-6-7-20)26(30)21-8-9-24-25(13-21)33-18-32-24/h1-5,8-9,13,20,22-23,29H,6-7,10-12,14-18H2. The average Bonchev–Trinajstić information content (AvgIpc) is 3.51. The molecule has 1 saturated heterocycles. The Bertz CT molecular complexity index is 949. The number of carbonyl (C=O) groups excluding carboxylic acids is 1. The molecule has 2 heterocycles. The number of benzene rings is 2. The molecular formula is C26H32N2O5. The van der Waals surface area contributed by atoms with Gasteiger partial charge < -0.3 is 24.2 Å². The molecule has 1 aliphatic carbocycles. The van der Waals surface area contributed by atoms with Crippen molar-refractivity contribution in [2.45, 2.75) is 31.5 Å². The maximum atomic E-state index is 13.4. The number of carbonyl (C=O) groups is 1. The number of rotatable bonds is 9. The fourth-order valence-corrected chi connectivity index (χ4v) is 4.62. The molecule has 0 bridgehead atoms. The molecule has 2 fully saturated rings. The maximum absolute atomic E-state index is 13.4. The molecule has 0 aromatic heterocycles. The topological polar surface area (TPSA) is 71.5 Å². The highest BCUT2D eigenvalue weighted by Crippen LogP contribution is 2.34. The first-order valence-corrected chi connectivity index (χ1v) is 11.9. The molecule has 2 aromatic carbocycles. The van der Waals surface area contributed by atoms with Gasteiger partial charge in [-0.25, -0.2) is 0 Å². The second-order valence-electron chi connectivity index (χ2n) is 9.32. The SMILES string of the molecule is O=C(c1ccc2c(c1)OCO2)N(CC1CC1)CC1CN(CC(O)Cc2ccccc2)CCO1. The van der Waals surface area contributed by atoms with E-state index in [9.17, 15) is 9.90 Å². The van der Waals surface area contributed by atoms with E-state index in [1.165, 1.54) is 12.8 Å². The van der Waals surface area contributed by atoms with Crippen LogP contribution in [0, 0.1) is 5.92 Å². The van der Waals surface area contributed by atoms with Crippen molar-refractivity contribution in [1.82, 2.24) is 9.80 Å². The lowest BCUT2D eigenvalue weighted by Gasteiger charge is -2.36. The number of hydrogen-bond acceptors (Lipinski definition) is 6. The lowest BCUT2D eigenvalue weighted by atomic mass is 10.1. The highest BCUT2D eigenvalue weighted by molar-refractivity contribution is 5.95. The van der Waals surface area contributed by atoms with Crippen LogP contribution in [0.25, 0.3) is 0 Å². The zero-order chi connectivity index (χ0) is 22.6. The molecule has 2 unspecified atom stereocenters. The monoisotopic (exact) mass is 452 g/mol. The number of aliphatic hydroxyl groups is 1. The largest absolute Gasteiger partial charge is 0.454 e. The summed E-state index contributed by atoms with van der Waals surface area (Å²) in [6.45, 7) is 4.22. The maximum Gasteiger partial charge on any atom is 0.254 e. The molecule has 1 amide bonds. The first-order chi connectivity index (χ1) is 16.1. The Labute approximate surface area is 194 Å². The molecule has 2 aromatic rings. The van der Waals surface area contributed by atoms with E-state index in [2.05, 4.69) is 4.90 Å². The molecule has 176 valence electrons. The average molecular weight is 453 g/mol. The lowest BCUT2D eigenvalue weighted by molar-refractivity contribution is -0.0506. The fraction of sp³-hybridized carbons (Fsp3) is 0.500. The van der Waals surface area contributed by atoms with Crippen molar-refractivity contribution in [2.24, 2.45) is 5.92 Å². The van der Waals surface area contributed by atoms with Gasteiger partial charge in [0.2, 0.25) is 6.79 Å². The third-order valence-corrected chi connectivity index (χ3v) is 6.51. The number of fused-ring (bicyclic) bond motifs is 1. The molecule has 1 N–H and O–H groups in total. The van der Waals surface area contributed by atoms with E-state index in [0.29, 0.717) is 55.6 Å². The van der Waals surface area contributed by atoms with Gasteiger partial charge in [-0.05, 0) is 48.9 Å². The molecule has 5 rings (SSSR count). The van der Waals surface area contributed by atoms with Crippen LogP contribution >= 0.6 is 0 Å². The number of amides is 1. The summed E-state index contributed by atoms with van der Waals surface area (Å²) in [7, 11) is 0. The van der Waals surface area contributed by atoms with Crippen LogP contribution in [0.15, 0.2) is 48.5 Å². The Kier molecular flexibility index (Phi) is 6.80. The van der Waals surface area contributed by atoms with Gasteiger partial charge in [0.1, 0.15) is 0 Å². The second-order valence-corrected chi connectivity index (χ2v) is 9.32. The van der Waals surface area contributed by atoms with E-state index in [0.717, 1.165) is 18.7 Å². The van der Waals surface area contributed by atoms with Crippen molar-refractivity contribution in [2.75, 3.05) is 46.1 Å². The minimum Gasteiger partial charge on any atom is -0.454 e. The smallest absolute Gasteiger partial charge is 0.254 e. The number of nitrogens with zero attached hydrogens (tertiary/aromatic N) is 2. The quantitative estimate of drug-likeness (QED) is 0.631. The first-order valence-electron chi connectivity index (χ1n) is 11.9. The van der Waals surface area contributed by atoms with Crippen LogP contribution in [0.1, 0.15) is 28.8 Å². The molecule has 0 radical (unpaired) electrons. The van der Waals surface area contributed by atoms with Crippen LogP contribution in [0.5, 0.6) is 11.5 Å². The van der Waals surface area contributed by atoms with E-state index in [-0.39, 0.29) is 18.8 Å². The van der Waals surface area contributed by atoms with Crippen molar-refractivity contribution in [3.63, 3.8) is 0 Å². The third kappa shape index (κ3) is 5.85. The molecule has 0 spiro atoms. The van der Waals surface area contributed by atoms with Gasteiger partial charge in [-0.1, -0.05) is 30.3 Å². The third-order valence-electron chi connectivity index (χ3n) is 6.51. The van der Waals surface area contributed by atoms with E-state index in [4.69, 9.17) is 14.2 Å². The Morgan fingerprint density at radius 1 is 1.09 bits per heavy atom. The van der Waals surface area contributed by atoms with Crippen LogP contribution in [-0.2, 0) is 11.2 Å². The van der Waals surface area contributed by atoms with Crippen molar-refractivity contribution in [1.29, 1.82) is 0 Å². The summed E-state index contributed by atoms with van der Waals surface area (Å²) >= 11 is 0. The van der Waals surface area contributed by atoms with Gasteiger partial charge in [0.05, 0.1) is 18.8 Å². The zero-order valence-electron chi connectivity index (χ0n) is 18.9. The van der Waals surface area contributed by atoms with Crippen molar-refractivity contribution in [3.8, 4) is 11.5 Å². The molecule has 3 aliphatic rings. The second kappa shape index (κ2) is 10.1. The molecule has 7 nitrogen and oxygen atoms in total. The molecule has 7 heteroatoms. The number of morpholine rings is 1. The van der Waals surface area contributed by atoms with Crippen molar-refractivity contribution < 1.29 is 24.1 Å². The van der Waals surface area contributed by atoms with Crippen molar-refractivity contribution >= 4 is 5.91 Å². The number of aliphatic hydroxyl groups excluding tert-OH is 1. The first kappa shape index (κ1) is 22.2. The summed E-state index contributed by atoms with van der Waals surface area (Å²) in [5.74, 6) is 1.89. The fourth-order valence-electron chi connectivity index (χ4n) is 4.62. The highest BCUT2D eigenvalue weighted by Gasteiger charge is 2.31. The minimum absolute atomic E-state index is 0.00466. The molecule has 1 saturated carbocycles. The Morgan fingerprint density at radius 2 is 1.91 bits per heavy atom. The van der Waals surface area contributed by atoms with Gasteiger partial charge in [0.15, 0.2) is 11.5 Å². The van der Waals surface area contributed by atoms with Gasteiger partial charge in [-0.2, -0.15) is 0 Å². The lowest BCUT2D eigenvalue weighted by Crippen LogP contribution is -2.50. The summed E-state index contributed by atoms with van der Waals surface area (Å²) < 4.78 is 16.9. The van der Waals surface area contributed by atoms with E-state index in [1.54, 1.807) is 12.1 Å². The van der Waals surface area contributed by atoms with E-state index in [1.807, 2.05) is 41.3 Å². The Hall–Kier alpha value is -2.61. The zero-order valence-corrected chi connectivity index (χ0v) is 18.9. The van der Waals surface area contributed by atoms with Crippen LogP contribution in [0.4, 0.5) is 0 Å². The van der Waals surface area contributed by atoms with Gasteiger partial charge in [0.25, 0.3) is 5.91 Å². The Balaban J connectivity index is 1.19. The van der Waals surface area contributed by atoms with E-state index >= 15 is 0 Å². The van der Waals surface area contributed by atoms with Gasteiger partial charge in [-0.15, -0.1) is 0 Å². The van der Waals surface area contributed by atoms with Gasteiger partial charge in [0, 0.05) is 38.3 Å². The molecule has 2 aliphatic heterocycles. The van der Waals surface area contributed by atoms with Crippen molar-refractivity contribution in [3.05, 3.63) is 59.7 Å². The summed E-state index contributed by atoms with van der Waals surface area (Å²) in [4.78, 5) is 17.6. The summed E-state index contributed by atoms with van der Waals surface area (Å²) in [6.07, 6.45) is 2.49. The predicted octanol–water partition coefficient (Wildman–Crippen LogP) is 2.57. The van der Waals surface area contributed by atoms with Crippen LogP contribution in [-0.4, -0.2) is 79.1 Å². The summed E-state index contributed by atoms with van der Waals surface area (Å²) in [6, 6.07) is 15.5. The van der Waals surface area contributed by atoms with Crippen LogP contribution in [0.3, 0.4) is 0 Å². The van der Waals surface area contributed by atoms with E-state index < -0.39 is 6.10 Å². The molecule has 33 heavy (non-hydrogen) atoms. The van der Waals surface area contributed by atoms with Gasteiger partial charge >= 0.3 is 0 Å². The van der Waals surface area contributed by atoms with Gasteiger partial charge in [-0.3, -0.25) is 9.69 Å². The highest BCUT2D eigenvalue weighted by atomic mass is 16.7. The van der Waals surface area contributed by atoms with Crippen LogP contribution in [0.2, 0.25) is 0 Å². The predicted molar refractivity (Wildman–Crippen MR) is 124 cm³/mol. The number of hydrogen-bond donors (Lipinski definition) is 1. The molecule has 2 atom stereocenters. The summed E-state index contributed by atoms with van der Waals surface area (Å²) in [5, 5.41) is 10.6. The minimum atomic E-state index is -0.427. The number of β-amino-alcohol motifs (C(OH)–C–C–N with tert-alkyl or cyclic N) is 1. The Morgan fingerprint density at radius 3 is 2.73 bits per heavy atom. The number of ether oxygens (including phenoxy) is 3. The van der Waals surface area contributed by atoms with Crippen LogP contribution < -0.4 is 9.47 Å². The normalized spacial score (nSPS) is 21.1. The summed E-state index contributed by atoms with van der Waals surface area (Å²) in [5.41, 5.74) is 1.76. The molecular weight excluding hydrogens is 420 g/mol.